The first-order valence-corrected chi connectivity index (χ1v) is 8.00. The minimum absolute atomic E-state index is 0.0214. The van der Waals surface area contributed by atoms with Crippen LogP contribution < -0.4 is 10.5 Å². The molecule has 0 fully saturated rings. The Morgan fingerprint density at radius 1 is 1.04 bits per heavy atom. The standard InChI is InChI=1S/C19H16N2O6/c1-26-15-7-6-11(8-14(15)19(25)27-10-16(20)22)9-21-17(23)12-4-2-3-5-13(12)18(21)24/h2-8H,9-10H2,1H3,(H2,20,22). The quantitative estimate of drug-likeness (QED) is 0.604. The zero-order chi connectivity index (χ0) is 19.6. The van der Waals surface area contributed by atoms with Crippen LogP contribution in [0, 0.1) is 0 Å². The van der Waals surface area contributed by atoms with E-state index in [4.69, 9.17) is 15.2 Å². The summed E-state index contributed by atoms with van der Waals surface area (Å²) in [5, 5.41) is 0. The molecule has 138 valence electrons. The fourth-order valence-corrected chi connectivity index (χ4v) is 2.79. The van der Waals surface area contributed by atoms with Gasteiger partial charge in [0.25, 0.3) is 17.7 Å². The number of rotatable bonds is 6. The summed E-state index contributed by atoms with van der Waals surface area (Å²) in [6.07, 6.45) is 0. The van der Waals surface area contributed by atoms with Gasteiger partial charge in [0.2, 0.25) is 0 Å². The van der Waals surface area contributed by atoms with E-state index in [1.54, 1.807) is 30.3 Å². The second kappa shape index (κ2) is 7.28. The number of nitrogens with two attached hydrogens (primary N) is 1. The Bertz CT molecular complexity index is 918. The van der Waals surface area contributed by atoms with Crippen molar-refractivity contribution in [2.24, 2.45) is 5.73 Å². The summed E-state index contributed by atoms with van der Waals surface area (Å²) in [7, 11) is 1.38. The summed E-state index contributed by atoms with van der Waals surface area (Å²) < 4.78 is 9.94. The van der Waals surface area contributed by atoms with Gasteiger partial charge in [-0.3, -0.25) is 19.3 Å². The number of hydrogen-bond acceptors (Lipinski definition) is 6. The van der Waals surface area contributed by atoms with Crippen molar-refractivity contribution in [3.05, 3.63) is 64.7 Å². The predicted octanol–water partition coefficient (Wildman–Crippen LogP) is 1.13. The lowest BCUT2D eigenvalue weighted by atomic mass is 10.1. The van der Waals surface area contributed by atoms with E-state index < -0.39 is 30.3 Å². The average Bonchev–Trinajstić information content (AvgIpc) is 2.91. The molecule has 8 heteroatoms. The van der Waals surface area contributed by atoms with E-state index in [0.717, 1.165) is 4.90 Å². The Balaban J connectivity index is 1.85. The van der Waals surface area contributed by atoms with E-state index in [1.807, 2.05) is 0 Å². The van der Waals surface area contributed by atoms with E-state index >= 15 is 0 Å². The third kappa shape index (κ3) is 3.50. The first kappa shape index (κ1) is 18.1. The number of methoxy groups -OCH3 is 1. The maximum Gasteiger partial charge on any atom is 0.342 e. The van der Waals surface area contributed by atoms with Crippen molar-refractivity contribution >= 4 is 23.7 Å². The molecule has 1 heterocycles. The van der Waals surface area contributed by atoms with Crippen LogP contribution in [0.5, 0.6) is 5.75 Å². The van der Waals surface area contributed by atoms with Gasteiger partial charge in [-0.1, -0.05) is 18.2 Å². The molecule has 0 radical (unpaired) electrons. The van der Waals surface area contributed by atoms with Crippen LogP contribution in [0.15, 0.2) is 42.5 Å². The van der Waals surface area contributed by atoms with Crippen molar-refractivity contribution in [1.82, 2.24) is 4.90 Å². The number of hydrogen-bond donors (Lipinski definition) is 1. The Morgan fingerprint density at radius 2 is 1.67 bits per heavy atom. The van der Waals surface area contributed by atoms with E-state index in [2.05, 4.69) is 0 Å². The summed E-state index contributed by atoms with van der Waals surface area (Å²) in [5.41, 5.74) is 6.25. The third-order valence-electron chi connectivity index (χ3n) is 4.05. The molecule has 0 bridgehead atoms. The highest BCUT2D eigenvalue weighted by Crippen LogP contribution is 2.26. The minimum atomic E-state index is -0.796. The minimum Gasteiger partial charge on any atom is -0.496 e. The summed E-state index contributed by atoms with van der Waals surface area (Å²) in [6.45, 7) is -0.586. The smallest absolute Gasteiger partial charge is 0.342 e. The maximum atomic E-state index is 12.5. The highest BCUT2D eigenvalue weighted by Gasteiger charge is 2.35. The van der Waals surface area contributed by atoms with Gasteiger partial charge in [-0.15, -0.1) is 0 Å². The van der Waals surface area contributed by atoms with E-state index in [1.165, 1.54) is 19.2 Å². The second-order valence-corrected chi connectivity index (χ2v) is 5.82. The number of nitrogens with zero attached hydrogens (tertiary/aromatic N) is 1. The van der Waals surface area contributed by atoms with Crippen LogP contribution in [0.1, 0.15) is 36.6 Å². The lowest BCUT2D eigenvalue weighted by Crippen LogP contribution is -2.29. The highest BCUT2D eigenvalue weighted by atomic mass is 16.5. The largest absolute Gasteiger partial charge is 0.496 e. The Kier molecular flexibility index (Phi) is 4.89. The third-order valence-corrected chi connectivity index (χ3v) is 4.05. The molecule has 0 unspecified atom stereocenters. The zero-order valence-electron chi connectivity index (χ0n) is 14.4. The first-order chi connectivity index (χ1) is 12.9. The number of primary amides is 1. The molecular weight excluding hydrogens is 352 g/mol. The number of carbonyl (C=O) groups is 4. The molecule has 0 saturated heterocycles. The molecule has 3 rings (SSSR count). The van der Waals surface area contributed by atoms with Crippen LogP contribution in [0.25, 0.3) is 0 Å². The molecular formula is C19H16N2O6. The molecule has 27 heavy (non-hydrogen) atoms. The van der Waals surface area contributed by atoms with Crippen molar-refractivity contribution < 1.29 is 28.7 Å². The van der Waals surface area contributed by atoms with Crippen LogP contribution in [0.4, 0.5) is 0 Å². The van der Waals surface area contributed by atoms with Crippen molar-refractivity contribution in [2.45, 2.75) is 6.54 Å². The van der Waals surface area contributed by atoms with Crippen LogP contribution in [-0.4, -0.2) is 42.3 Å². The molecule has 3 amide bonds. The fourth-order valence-electron chi connectivity index (χ4n) is 2.79. The number of imide groups is 1. The number of esters is 1. The molecule has 0 atom stereocenters. The van der Waals surface area contributed by atoms with Crippen molar-refractivity contribution in [2.75, 3.05) is 13.7 Å². The average molecular weight is 368 g/mol. The summed E-state index contributed by atoms with van der Waals surface area (Å²) >= 11 is 0. The number of fused-ring (bicyclic) bond motifs is 1. The van der Waals surface area contributed by atoms with Gasteiger partial charge in [0.05, 0.1) is 24.8 Å². The van der Waals surface area contributed by atoms with Gasteiger partial charge >= 0.3 is 5.97 Å². The van der Waals surface area contributed by atoms with Crippen molar-refractivity contribution in [3.63, 3.8) is 0 Å². The van der Waals surface area contributed by atoms with Gasteiger partial charge in [-0.2, -0.15) is 0 Å². The normalized spacial score (nSPS) is 12.7. The molecule has 0 aliphatic carbocycles. The van der Waals surface area contributed by atoms with Gasteiger partial charge in [0.1, 0.15) is 11.3 Å². The van der Waals surface area contributed by atoms with Crippen LogP contribution >= 0.6 is 0 Å². The van der Waals surface area contributed by atoms with Crippen LogP contribution in [0.2, 0.25) is 0 Å². The maximum absolute atomic E-state index is 12.5. The van der Waals surface area contributed by atoms with E-state index in [-0.39, 0.29) is 17.9 Å². The monoisotopic (exact) mass is 368 g/mol. The molecule has 0 aromatic heterocycles. The van der Waals surface area contributed by atoms with E-state index in [9.17, 15) is 19.2 Å². The van der Waals surface area contributed by atoms with E-state index in [0.29, 0.717) is 16.7 Å². The van der Waals surface area contributed by atoms with Crippen molar-refractivity contribution in [3.8, 4) is 5.75 Å². The molecule has 0 spiro atoms. The number of ether oxygens (including phenoxy) is 2. The molecule has 8 nitrogen and oxygen atoms in total. The molecule has 2 aromatic rings. The van der Waals surface area contributed by atoms with Gasteiger partial charge in [0.15, 0.2) is 6.61 Å². The highest BCUT2D eigenvalue weighted by molar-refractivity contribution is 6.21. The molecule has 1 aliphatic heterocycles. The summed E-state index contributed by atoms with van der Waals surface area (Å²) in [4.78, 5) is 49.0. The zero-order valence-corrected chi connectivity index (χ0v) is 14.4. The molecule has 1 aliphatic rings. The van der Waals surface area contributed by atoms with Crippen LogP contribution in [0.3, 0.4) is 0 Å². The van der Waals surface area contributed by atoms with Gasteiger partial charge < -0.3 is 15.2 Å². The van der Waals surface area contributed by atoms with Crippen LogP contribution in [-0.2, 0) is 16.1 Å². The summed E-state index contributed by atoms with van der Waals surface area (Å²) in [5.74, 6) is -2.15. The molecule has 2 aromatic carbocycles. The van der Waals surface area contributed by atoms with Gasteiger partial charge in [-0.25, -0.2) is 4.79 Å². The topological polar surface area (TPSA) is 116 Å². The number of benzene rings is 2. The summed E-state index contributed by atoms with van der Waals surface area (Å²) in [6, 6.07) is 11.2. The SMILES string of the molecule is COc1ccc(CN2C(=O)c3ccccc3C2=O)cc1C(=O)OCC(N)=O. The lowest BCUT2D eigenvalue weighted by molar-refractivity contribution is -0.121. The number of amides is 3. The van der Waals surface area contributed by atoms with Gasteiger partial charge in [0, 0.05) is 0 Å². The second-order valence-electron chi connectivity index (χ2n) is 5.82. The van der Waals surface area contributed by atoms with Gasteiger partial charge in [-0.05, 0) is 29.8 Å². The predicted molar refractivity (Wildman–Crippen MR) is 93.1 cm³/mol. The Morgan fingerprint density at radius 3 is 2.22 bits per heavy atom. The molecule has 2 N–H and O–H groups in total. The van der Waals surface area contributed by atoms with Crippen molar-refractivity contribution in [1.29, 1.82) is 0 Å². The first-order valence-electron chi connectivity index (χ1n) is 8.00. The fraction of sp³-hybridized carbons (Fsp3) is 0.158. The number of carbonyl (C=O) groups excluding carboxylic acids is 4. The Labute approximate surface area is 154 Å². The molecule has 0 saturated carbocycles. The lowest BCUT2D eigenvalue weighted by Gasteiger charge is -2.15. The Hall–Kier alpha value is -3.68.